The largest absolute Gasteiger partial charge is 0.0620 e. The van der Waals surface area contributed by atoms with Crippen LogP contribution in [0.15, 0.2) is 0 Å². The summed E-state index contributed by atoms with van der Waals surface area (Å²) in [6, 6.07) is 0. The number of fused-ring (bicyclic) bond motifs is 5. The minimum atomic E-state index is 1.02. The van der Waals surface area contributed by atoms with Crippen LogP contribution in [0.3, 0.4) is 0 Å². The van der Waals surface area contributed by atoms with Crippen molar-refractivity contribution in [1.82, 2.24) is 0 Å². The minimum absolute atomic E-state index is 1.02. The molecule has 4 aliphatic carbocycles. The molecular formula is C19H32. The van der Waals surface area contributed by atoms with Crippen molar-refractivity contribution in [3.63, 3.8) is 0 Å². The molecule has 0 saturated heterocycles. The lowest BCUT2D eigenvalue weighted by molar-refractivity contribution is -0.0844. The smallest absolute Gasteiger partial charge is 0.0324 e. The molecule has 4 aliphatic rings. The first-order valence-corrected chi connectivity index (χ1v) is 9.27. The summed E-state index contributed by atoms with van der Waals surface area (Å²) in [5.41, 5.74) is 0. The van der Waals surface area contributed by atoms with E-state index >= 15 is 0 Å². The van der Waals surface area contributed by atoms with Crippen LogP contribution in [0, 0.1) is 47.3 Å². The number of hydrogen-bond donors (Lipinski definition) is 0. The van der Waals surface area contributed by atoms with Crippen molar-refractivity contribution in [2.75, 3.05) is 0 Å². The molecule has 4 saturated carbocycles. The summed E-state index contributed by atoms with van der Waals surface area (Å²) in [4.78, 5) is 0. The number of hydrogen-bond acceptors (Lipinski definition) is 0. The van der Waals surface area contributed by atoms with Crippen LogP contribution in [-0.2, 0) is 0 Å². The van der Waals surface area contributed by atoms with Crippen LogP contribution in [-0.4, -0.2) is 0 Å². The Bertz CT molecular complexity index is 333. The lowest BCUT2D eigenvalue weighted by atomic mass is 9.48. The van der Waals surface area contributed by atoms with Gasteiger partial charge in [-0.1, -0.05) is 39.5 Å². The SMILES string of the molecule is C[C@H]1[C@H](C)C2C3CCCC3CCC2C2CCCC[C@@H]21. The first-order valence-electron chi connectivity index (χ1n) is 9.27. The second-order valence-corrected chi connectivity index (χ2v) is 8.50. The van der Waals surface area contributed by atoms with Gasteiger partial charge in [0.25, 0.3) is 0 Å². The molecular weight excluding hydrogens is 228 g/mol. The summed E-state index contributed by atoms with van der Waals surface area (Å²) in [7, 11) is 0. The van der Waals surface area contributed by atoms with Gasteiger partial charge in [-0.2, -0.15) is 0 Å². The molecule has 0 aromatic heterocycles. The normalized spacial score (nSPS) is 57.2. The predicted molar refractivity (Wildman–Crippen MR) is 80.8 cm³/mol. The van der Waals surface area contributed by atoms with Gasteiger partial charge in [-0.25, -0.2) is 0 Å². The summed E-state index contributed by atoms with van der Waals surface area (Å²) >= 11 is 0. The highest BCUT2D eigenvalue weighted by Crippen LogP contribution is 2.61. The third-order valence-corrected chi connectivity index (χ3v) is 8.11. The zero-order valence-electron chi connectivity index (χ0n) is 13.0. The van der Waals surface area contributed by atoms with Gasteiger partial charge in [-0.15, -0.1) is 0 Å². The van der Waals surface area contributed by atoms with Crippen molar-refractivity contribution in [3.05, 3.63) is 0 Å². The van der Waals surface area contributed by atoms with Gasteiger partial charge in [0.1, 0.15) is 0 Å². The van der Waals surface area contributed by atoms with E-state index in [4.69, 9.17) is 0 Å². The average molecular weight is 260 g/mol. The molecule has 0 N–H and O–H groups in total. The van der Waals surface area contributed by atoms with Gasteiger partial charge in [-0.05, 0) is 79.4 Å². The highest BCUT2D eigenvalue weighted by atomic mass is 14.6. The molecule has 108 valence electrons. The number of rotatable bonds is 0. The monoisotopic (exact) mass is 260 g/mol. The maximum atomic E-state index is 2.63. The van der Waals surface area contributed by atoms with Gasteiger partial charge in [0.05, 0.1) is 0 Å². The van der Waals surface area contributed by atoms with Crippen LogP contribution in [0.1, 0.15) is 71.6 Å². The van der Waals surface area contributed by atoms with Crippen LogP contribution in [0.4, 0.5) is 0 Å². The molecule has 19 heavy (non-hydrogen) atoms. The minimum Gasteiger partial charge on any atom is -0.0620 e. The Morgan fingerprint density at radius 2 is 1.26 bits per heavy atom. The van der Waals surface area contributed by atoms with Crippen molar-refractivity contribution >= 4 is 0 Å². The summed E-state index contributed by atoms with van der Waals surface area (Å²) in [5.74, 6) is 8.80. The Balaban J connectivity index is 1.65. The zero-order chi connectivity index (χ0) is 13.0. The van der Waals surface area contributed by atoms with E-state index < -0.39 is 0 Å². The maximum absolute atomic E-state index is 2.63. The third kappa shape index (κ3) is 1.84. The molecule has 0 aromatic rings. The van der Waals surface area contributed by atoms with E-state index in [1.54, 1.807) is 51.4 Å². The fourth-order valence-electron chi connectivity index (χ4n) is 7.24. The van der Waals surface area contributed by atoms with Gasteiger partial charge >= 0.3 is 0 Å². The first-order chi connectivity index (χ1) is 9.27. The standard InChI is InChI=1S/C19H32/c1-12-13(2)19-16-9-5-6-14(16)10-11-18(19)17-8-4-3-7-15(12)17/h12-19H,3-11H2,1-2H3/t12-,13-,14?,15+,16?,17?,18?,19?/m0/s1. The molecule has 4 fully saturated rings. The fourth-order valence-corrected chi connectivity index (χ4v) is 7.24. The Morgan fingerprint density at radius 3 is 2.11 bits per heavy atom. The van der Waals surface area contributed by atoms with Crippen molar-refractivity contribution in [2.45, 2.75) is 71.6 Å². The van der Waals surface area contributed by atoms with E-state index in [-0.39, 0.29) is 0 Å². The molecule has 0 radical (unpaired) electrons. The summed E-state index contributed by atoms with van der Waals surface area (Å²) in [6.07, 6.45) is 14.1. The van der Waals surface area contributed by atoms with Gasteiger partial charge in [0.15, 0.2) is 0 Å². The summed E-state index contributed by atoms with van der Waals surface area (Å²) < 4.78 is 0. The van der Waals surface area contributed by atoms with Gasteiger partial charge in [0.2, 0.25) is 0 Å². The van der Waals surface area contributed by atoms with Crippen LogP contribution < -0.4 is 0 Å². The van der Waals surface area contributed by atoms with E-state index in [2.05, 4.69) is 13.8 Å². The van der Waals surface area contributed by atoms with E-state index in [1.807, 2.05) is 0 Å². The second kappa shape index (κ2) is 4.78. The van der Waals surface area contributed by atoms with Crippen LogP contribution in [0.2, 0.25) is 0 Å². The Labute approximate surface area is 119 Å². The predicted octanol–water partition coefficient (Wildman–Crippen LogP) is 5.52. The highest BCUT2D eigenvalue weighted by Gasteiger charge is 2.53. The molecule has 5 unspecified atom stereocenters. The van der Waals surface area contributed by atoms with Crippen LogP contribution >= 0.6 is 0 Å². The third-order valence-electron chi connectivity index (χ3n) is 8.11. The van der Waals surface area contributed by atoms with Crippen molar-refractivity contribution in [3.8, 4) is 0 Å². The maximum Gasteiger partial charge on any atom is -0.0324 e. The molecule has 0 spiro atoms. The molecule has 0 aromatic carbocycles. The van der Waals surface area contributed by atoms with Crippen LogP contribution in [0.5, 0.6) is 0 Å². The van der Waals surface area contributed by atoms with Gasteiger partial charge in [0, 0.05) is 0 Å². The molecule has 4 rings (SSSR count). The lowest BCUT2D eigenvalue weighted by Gasteiger charge is -2.57. The molecule has 0 heterocycles. The molecule has 0 aliphatic heterocycles. The van der Waals surface area contributed by atoms with Crippen molar-refractivity contribution in [2.24, 2.45) is 47.3 Å². The quantitative estimate of drug-likeness (QED) is 0.538. The van der Waals surface area contributed by atoms with Crippen LogP contribution in [0.25, 0.3) is 0 Å². The zero-order valence-corrected chi connectivity index (χ0v) is 13.0. The Hall–Kier alpha value is 0. The molecule has 0 amide bonds. The van der Waals surface area contributed by atoms with Gasteiger partial charge in [-0.3, -0.25) is 0 Å². The molecule has 0 bridgehead atoms. The molecule has 0 heteroatoms. The van der Waals surface area contributed by atoms with E-state index in [0.717, 1.165) is 47.3 Å². The van der Waals surface area contributed by atoms with E-state index in [0.29, 0.717) is 0 Å². The summed E-state index contributed by atoms with van der Waals surface area (Å²) in [5, 5.41) is 0. The summed E-state index contributed by atoms with van der Waals surface area (Å²) in [6.45, 7) is 5.25. The molecule has 0 nitrogen and oxygen atoms in total. The average Bonchev–Trinajstić information content (AvgIpc) is 2.92. The second-order valence-electron chi connectivity index (χ2n) is 8.50. The lowest BCUT2D eigenvalue weighted by Crippen LogP contribution is -2.50. The van der Waals surface area contributed by atoms with Crippen molar-refractivity contribution in [1.29, 1.82) is 0 Å². The molecule has 8 atom stereocenters. The topological polar surface area (TPSA) is 0 Å². The Morgan fingerprint density at radius 1 is 0.526 bits per heavy atom. The first kappa shape index (κ1) is 12.7. The van der Waals surface area contributed by atoms with Gasteiger partial charge < -0.3 is 0 Å². The highest BCUT2D eigenvalue weighted by molar-refractivity contribution is 5.02. The van der Waals surface area contributed by atoms with Crippen molar-refractivity contribution < 1.29 is 0 Å². The van der Waals surface area contributed by atoms with E-state index in [9.17, 15) is 0 Å². The Kier molecular flexibility index (Phi) is 3.20. The van der Waals surface area contributed by atoms with E-state index in [1.165, 1.54) is 6.42 Å². The fraction of sp³-hybridized carbons (Fsp3) is 1.00.